The number of ether oxygens (including phenoxy) is 1. The first-order valence-electron chi connectivity index (χ1n) is 8.37. The Morgan fingerprint density at radius 1 is 1.40 bits per heavy atom. The lowest BCUT2D eigenvalue weighted by atomic mass is 9.86. The zero-order valence-corrected chi connectivity index (χ0v) is 14.2. The number of carboxylic acids is 1. The maximum Gasteiger partial charge on any atom is 0.341 e. The minimum atomic E-state index is -1.07. The van der Waals surface area contributed by atoms with E-state index < -0.39 is 12.6 Å². The van der Waals surface area contributed by atoms with Gasteiger partial charge in [0.2, 0.25) is 0 Å². The largest absolute Gasteiger partial charge is 0.482 e. The standard InChI is InChI=1S/C19H22N2O4/c1-13-5-2-3-8-17(13)21-19(24)15(11-20)9-14-6-4-7-16(10-14)25-12-18(22)23/h4,6-7,9-10,13,17H,2-3,5,8,12H2,1H3,(H,21,24)(H,22,23)/b15-9+/t13-,17+/m1/s1. The number of nitrogens with zero attached hydrogens (tertiary/aromatic N) is 1. The molecule has 2 atom stereocenters. The van der Waals surface area contributed by atoms with Crippen molar-refractivity contribution in [2.45, 2.75) is 38.6 Å². The SMILES string of the molecule is C[C@@H]1CCCC[C@@H]1NC(=O)/C(C#N)=C/c1cccc(OCC(=O)O)c1. The van der Waals surface area contributed by atoms with Gasteiger partial charge in [-0.2, -0.15) is 5.26 Å². The number of nitriles is 1. The molecule has 2 rings (SSSR count). The number of hydrogen-bond acceptors (Lipinski definition) is 4. The van der Waals surface area contributed by atoms with Gasteiger partial charge in [-0.3, -0.25) is 4.79 Å². The number of carbonyl (C=O) groups is 2. The Morgan fingerprint density at radius 2 is 2.16 bits per heavy atom. The number of rotatable bonds is 6. The van der Waals surface area contributed by atoms with Crippen LogP contribution < -0.4 is 10.1 Å². The van der Waals surface area contributed by atoms with Gasteiger partial charge >= 0.3 is 5.97 Å². The van der Waals surface area contributed by atoms with Crippen molar-refractivity contribution in [1.29, 1.82) is 5.26 Å². The zero-order chi connectivity index (χ0) is 18.2. The Bertz CT molecular complexity index is 706. The highest BCUT2D eigenvalue weighted by Crippen LogP contribution is 2.24. The van der Waals surface area contributed by atoms with Gasteiger partial charge in [0.1, 0.15) is 17.4 Å². The van der Waals surface area contributed by atoms with Gasteiger partial charge in [0.25, 0.3) is 5.91 Å². The molecule has 0 saturated heterocycles. The van der Waals surface area contributed by atoms with E-state index >= 15 is 0 Å². The van der Waals surface area contributed by atoms with Crippen molar-refractivity contribution < 1.29 is 19.4 Å². The van der Waals surface area contributed by atoms with E-state index in [0.717, 1.165) is 19.3 Å². The average molecular weight is 342 g/mol. The maximum atomic E-state index is 12.4. The predicted molar refractivity (Wildman–Crippen MR) is 92.7 cm³/mol. The lowest BCUT2D eigenvalue weighted by Gasteiger charge is -2.29. The van der Waals surface area contributed by atoms with E-state index in [1.54, 1.807) is 24.3 Å². The molecule has 1 aliphatic carbocycles. The van der Waals surface area contributed by atoms with Crippen LogP contribution in [0.3, 0.4) is 0 Å². The highest BCUT2D eigenvalue weighted by molar-refractivity contribution is 6.01. The summed E-state index contributed by atoms with van der Waals surface area (Å²) >= 11 is 0. The van der Waals surface area contributed by atoms with Crippen LogP contribution in [0.4, 0.5) is 0 Å². The molecule has 0 heterocycles. The van der Waals surface area contributed by atoms with Crippen LogP contribution in [0.5, 0.6) is 5.75 Å². The Hall–Kier alpha value is -2.81. The highest BCUT2D eigenvalue weighted by Gasteiger charge is 2.24. The van der Waals surface area contributed by atoms with E-state index in [4.69, 9.17) is 9.84 Å². The topological polar surface area (TPSA) is 99.4 Å². The number of carboxylic acid groups (broad SMARTS) is 1. The third-order valence-corrected chi connectivity index (χ3v) is 4.32. The van der Waals surface area contributed by atoms with E-state index in [2.05, 4.69) is 12.2 Å². The lowest BCUT2D eigenvalue weighted by Crippen LogP contribution is -2.41. The smallest absolute Gasteiger partial charge is 0.341 e. The van der Waals surface area contributed by atoms with Crippen LogP contribution >= 0.6 is 0 Å². The Kier molecular flexibility index (Phi) is 6.58. The first-order valence-corrected chi connectivity index (χ1v) is 8.37. The van der Waals surface area contributed by atoms with Crippen molar-refractivity contribution in [2.75, 3.05) is 6.61 Å². The zero-order valence-electron chi connectivity index (χ0n) is 14.2. The molecule has 25 heavy (non-hydrogen) atoms. The van der Waals surface area contributed by atoms with Crippen molar-refractivity contribution in [3.8, 4) is 11.8 Å². The van der Waals surface area contributed by atoms with E-state index in [-0.39, 0.29) is 17.5 Å². The summed E-state index contributed by atoms with van der Waals surface area (Å²) in [6.07, 6.45) is 5.77. The van der Waals surface area contributed by atoms with Crippen molar-refractivity contribution >= 4 is 18.0 Å². The molecule has 0 radical (unpaired) electrons. The molecule has 1 aromatic rings. The average Bonchev–Trinajstić information content (AvgIpc) is 2.60. The molecular weight excluding hydrogens is 320 g/mol. The number of nitrogens with one attached hydrogen (secondary N) is 1. The van der Waals surface area contributed by atoms with Gasteiger partial charge < -0.3 is 15.2 Å². The van der Waals surface area contributed by atoms with Gasteiger partial charge in [-0.15, -0.1) is 0 Å². The van der Waals surface area contributed by atoms with Crippen LogP contribution in [-0.4, -0.2) is 29.6 Å². The minimum absolute atomic E-state index is 0.0214. The molecule has 6 heteroatoms. The fraction of sp³-hybridized carbons (Fsp3) is 0.421. The van der Waals surface area contributed by atoms with Crippen LogP contribution in [0.25, 0.3) is 6.08 Å². The maximum absolute atomic E-state index is 12.4. The molecule has 1 aromatic carbocycles. The van der Waals surface area contributed by atoms with Gasteiger partial charge in [-0.1, -0.05) is 31.9 Å². The van der Waals surface area contributed by atoms with Gasteiger partial charge in [-0.05, 0) is 42.5 Å². The summed E-state index contributed by atoms with van der Waals surface area (Å²) in [5.41, 5.74) is 0.624. The number of hydrogen-bond donors (Lipinski definition) is 2. The summed E-state index contributed by atoms with van der Waals surface area (Å²) in [5, 5.41) is 20.9. The minimum Gasteiger partial charge on any atom is -0.482 e. The van der Waals surface area contributed by atoms with Gasteiger partial charge in [0.15, 0.2) is 6.61 Å². The molecule has 2 N–H and O–H groups in total. The van der Waals surface area contributed by atoms with Crippen LogP contribution in [0.2, 0.25) is 0 Å². The molecule has 0 bridgehead atoms. The first-order chi connectivity index (χ1) is 12.0. The quantitative estimate of drug-likeness (QED) is 0.612. The van der Waals surface area contributed by atoms with Crippen molar-refractivity contribution in [3.05, 3.63) is 35.4 Å². The number of benzene rings is 1. The molecular formula is C19H22N2O4. The summed E-state index contributed by atoms with van der Waals surface area (Å²) in [6, 6.07) is 8.66. The second-order valence-corrected chi connectivity index (χ2v) is 6.27. The third-order valence-electron chi connectivity index (χ3n) is 4.32. The second kappa shape index (κ2) is 8.88. The monoisotopic (exact) mass is 342 g/mol. The third kappa shape index (κ3) is 5.64. The van der Waals surface area contributed by atoms with Crippen molar-refractivity contribution in [2.24, 2.45) is 5.92 Å². The molecule has 1 saturated carbocycles. The molecule has 1 amide bonds. The number of aliphatic carboxylic acids is 1. The molecule has 0 aromatic heterocycles. The lowest BCUT2D eigenvalue weighted by molar-refractivity contribution is -0.139. The summed E-state index contributed by atoms with van der Waals surface area (Å²) < 4.78 is 5.11. The van der Waals surface area contributed by atoms with Crippen LogP contribution in [0.15, 0.2) is 29.8 Å². The molecule has 0 unspecified atom stereocenters. The summed E-state index contributed by atoms with van der Waals surface area (Å²) in [5.74, 6) is -0.669. The Balaban J connectivity index is 2.08. The summed E-state index contributed by atoms with van der Waals surface area (Å²) in [7, 11) is 0. The molecule has 6 nitrogen and oxygen atoms in total. The molecule has 0 spiro atoms. The van der Waals surface area contributed by atoms with Crippen LogP contribution in [0, 0.1) is 17.2 Å². The highest BCUT2D eigenvalue weighted by atomic mass is 16.5. The molecule has 1 fully saturated rings. The summed E-state index contributed by atoms with van der Waals surface area (Å²) in [4.78, 5) is 22.9. The Morgan fingerprint density at radius 3 is 2.84 bits per heavy atom. The van der Waals surface area contributed by atoms with Crippen molar-refractivity contribution in [1.82, 2.24) is 5.32 Å². The van der Waals surface area contributed by atoms with Crippen LogP contribution in [-0.2, 0) is 9.59 Å². The number of amides is 1. The normalized spacial score (nSPS) is 20.4. The molecule has 0 aliphatic heterocycles. The van der Waals surface area contributed by atoms with Gasteiger partial charge in [0, 0.05) is 6.04 Å². The van der Waals surface area contributed by atoms with Gasteiger partial charge in [0.05, 0.1) is 0 Å². The van der Waals surface area contributed by atoms with E-state index in [9.17, 15) is 14.9 Å². The van der Waals surface area contributed by atoms with Crippen molar-refractivity contribution in [3.63, 3.8) is 0 Å². The van der Waals surface area contributed by atoms with Gasteiger partial charge in [-0.25, -0.2) is 4.79 Å². The fourth-order valence-corrected chi connectivity index (χ4v) is 2.93. The fourth-order valence-electron chi connectivity index (χ4n) is 2.93. The molecule has 132 valence electrons. The van der Waals surface area contributed by atoms with E-state index in [1.165, 1.54) is 12.5 Å². The second-order valence-electron chi connectivity index (χ2n) is 6.27. The predicted octanol–water partition coefficient (Wildman–Crippen LogP) is 2.75. The molecule has 1 aliphatic rings. The summed E-state index contributed by atoms with van der Waals surface area (Å²) in [6.45, 7) is 1.67. The van der Waals surface area contributed by atoms with E-state index in [0.29, 0.717) is 17.2 Å². The Labute approximate surface area is 147 Å². The van der Waals surface area contributed by atoms with E-state index in [1.807, 2.05) is 6.07 Å². The first kappa shape index (κ1) is 18.5. The number of carbonyl (C=O) groups excluding carboxylic acids is 1. The van der Waals surface area contributed by atoms with Crippen LogP contribution in [0.1, 0.15) is 38.2 Å².